The van der Waals surface area contributed by atoms with Gasteiger partial charge >= 0.3 is 0 Å². The van der Waals surface area contributed by atoms with Gasteiger partial charge in [-0.2, -0.15) is 0 Å². The van der Waals surface area contributed by atoms with Crippen molar-refractivity contribution >= 4 is 22.7 Å². The Morgan fingerprint density at radius 1 is 1.12 bits per heavy atom. The number of benzene rings is 2. The average Bonchev–Trinajstić information content (AvgIpc) is 3.04. The molecule has 3 rings (SSSR count). The Bertz CT molecular complexity index is 879. The van der Waals surface area contributed by atoms with Crippen LogP contribution < -0.4 is 5.32 Å². The zero-order valence-electron chi connectivity index (χ0n) is 15.2. The van der Waals surface area contributed by atoms with Gasteiger partial charge in [0.15, 0.2) is 5.58 Å². The van der Waals surface area contributed by atoms with Gasteiger partial charge in [-0.3, -0.25) is 4.79 Å². The number of hydrogen-bond donors (Lipinski definition) is 1. The van der Waals surface area contributed by atoms with Crippen LogP contribution in [0.1, 0.15) is 45.6 Å². The van der Waals surface area contributed by atoms with E-state index in [-0.39, 0.29) is 11.8 Å². The Balaban J connectivity index is 1.85. The smallest absolute Gasteiger partial charge is 0.227 e. The number of carbonyl (C=O) groups excluding carboxylic acids is 1. The van der Waals surface area contributed by atoms with E-state index in [2.05, 4.69) is 36.3 Å². The summed E-state index contributed by atoms with van der Waals surface area (Å²) in [5.41, 5.74) is 4.62. The van der Waals surface area contributed by atoms with E-state index in [1.165, 1.54) is 5.56 Å². The van der Waals surface area contributed by atoms with Crippen molar-refractivity contribution in [1.82, 2.24) is 4.98 Å². The molecule has 2 aromatic carbocycles. The number of fused-ring (bicyclic) bond motifs is 1. The first-order chi connectivity index (χ1) is 12.0. The van der Waals surface area contributed by atoms with Crippen molar-refractivity contribution in [2.24, 2.45) is 5.92 Å². The minimum Gasteiger partial charge on any atom is -0.436 e. The Kier molecular flexibility index (Phi) is 4.88. The van der Waals surface area contributed by atoms with Crippen LogP contribution >= 0.6 is 0 Å². The maximum absolute atomic E-state index is 11.8. The first-order valence-electron chi connectivity index (χ1n) is 8.79. The molecule has 3 aromatic rings. The van der Waals surface area contributed by atoms with Gasteiger partial charge in [0.1, 0.15) is 5.52 Å². The summed E-state index contributed by atoms with van der Waals surface area (Å²) in [7, 11) is 0. The van der Waals surface area contributed by atoms with Crippen molar-refractivity contribution in [2.75, 3.05) is 5.32 Å². The van der Waals surface area contributed by atoms with Crippen LogP contribution in [0.2, 0.25) is 0 Å². The third kappa shape index (κ3) is 3.73. The summed E-state index contributed by atoms with van der Waals surface area (Å²) in [6.45, 7) is 8.14. The van der Waals surface area contributed by atoms with E-state index in [0.717, 1.165) is 28.8 Å². The molecule has 0 spiro atoms. The molecule has 1 aromatic heterocycles. The third-order valence-electron chi connectivity index (χ3n) is 4.52. The van der Waals surface area contributed by atoms with E-state index in [0.29, 0.717) is 11.8 Å². The second-order valence-corrected chi connectivity index (χ2v) is 6.78. The average molecular weight is 336 g/mol. The predicted molar refractivity (Wildman–Crippen MR) is 102 cm³/mol. The van der Waals surface area contributed by atoms with E-state index in [1.807, 2.05) is 44.2 Å². The van der Waals surface area contributed by atoms with E-state index in [4.69, 9.17) is 4.42 Å². The Morgan fingerprint density at radius 2 is 1.84 bits per heavy atom. The quantitative estimate of drug-likeness (QED) is 0.659. The minimum atomic E-state index is -0.0450. The molecular weight excluding hydrogens is 312 g/mol. The van der Waals surface area contributed by atoms with Crippen molar-refractivity contribution in [3.8, 4) is 11.5 Å². The molecule has 0 bridgehead atoms. The van der Waals surface area contributed by atoms with Gasteiger partial charge in [-0.05, 0) is 54.3 Å². The molecule has 1 amide bonds. The van der Waals surface area contributed by atoms with Gasteiger partial charge in [-0.15, -0.1) is 0 Å². The van der Waals surface area contributed by atoms with Crippen LogP contribution in [0.15, 0.2) is 46.9 Å². The van der Waals surface area contributed by atoms with Gasteiger partial charge in [-0.25, -0.2) is 4.98 Å². The van der Waals surface area contributed by atoms with Crippen LogP contribution in [0.25, 0.3) is 22.6 Å². The van der Waals surface area contributed by atoms with Gasteiger partial charge in [0, 0.05) is 17.2 Å². The second kappa shape index (κ2) is 7.09. The van der Waals surface area contributed by atoms with Crippen molar-refractivity contribution < 1.29 is 9.21 Å². The van der Waals surface area contributed by atoms with Crippen molar-refractivity contribution in [1.29, 1.82) is 0 Å². The summed E-state index contributed by atoms with van der Waals surface area (Å²) in [6.07, 6.45) is 1.10. The summed E-state index contributed by atoms with van der Waals surface area (Å²) in [6, 6.07) is 13.8. The Morgan fingerprint density at radius 3 is 2.48 bits per heavy atom. The molecule has 0 saturated carbocycles. The lowest BCUT2D eigenvalue weighted by Crippen LogP contribution is -2.17. The number of nitrogens with one attached hydrogen (secondary N) is 1. The molecule has 1 N–H and O–H groups in total. The number of oxazole rings is 1. The normalized spacial score (nSPS) is 12.5. The number of carbonyl (C=O) groups is 1. The third-order valence-corrected chi connectivity index (χ3v) is 4.52. The minimum absolute atomic E-state index is 0.00665. The highest BCUT2D eigenvalue weighted by atomic mass is 16.3. The predicted octanol–water partition coefficient (Wildman–Crippen LogP) is 5.60. The molecule has 4 nitrogen and oxygen atoms in total. The highest BCUT2D eigenvalue weighted by Crippen LogP contribution is 2.28. The number of nitrogens with zero attached hydrogens (tertiary/aromatic N) is 1. The molecule has 1 atom stereocenters. The van der Waals surface area contributed by atoms with Crippen LogP contribution in [-0.4, -0.2) is 10.9 Å². The summed E-state index contributed by atoms with van der Waals surface area (Å²) < 4.78 is 5.88. The number of amides is 1. The summed E-state index contributed by atoms with van der Waals surface area (Å²) in [4.78, 5) is 16.4. The van der Waals surface area contributed by atoms with E-state index in [1.54, 1.807) is 0 Å². The maximum Gasteiger partial charge on any atom is 0.227 e. The number of rotatable bonds is 5. The number of anilines is 1. The molecule has 130 valence electrons. The van der Waals surface area contributed by atoms with E-state index < -0.39 is 0 Å². The van der Waals surface area contributed by atoms with Crippen LogP contribution in [0.4, 0.5) is 5.69 Å². The van der Waals surface area contributed by atoms with Gasteiger partial charge in [-0.1, -0.05) is 33.8 Å². The molecule has 4 heteroatoms. The van der Waals surface area contributed by atoms with Gasteiger partial charge in [0.2, 0.25) is 11.8 Å². The van der Waals surface area contributed by atoms with Crippen LogP contribution in [0.5, 0.6) is 0 Å². The van der Waals surface area contributed by atoms with Crippen molar-refractivity contribution in [2.45, 2.75) is 40.0 Å². The monoisotopic (exact) mass is 336 g/mol. The lowest BCUT2D eigenvalue weighted by atomic mass is 9.98. The zero-order chi connectivity index (χ0) is 18.0. The topological polar surface area (TPSA) is 55.1 Å². The number of aromatic nitrogens is 1. The fraction of sp³-hybridized carbons (Fsp3) is 0.333. The molecule has 0 fully saturated rings. The van der Waals surface area contributed by atoms with Crippen LogP contribution in [0, 0.1) is 5.92 Å². The Hall–Kier alpha value is -2.62. The molecular formula is C21H24N2O2. The largest absolute Gasteiger partial charge is 0.436 e. The van der Waals surface area contributed by atoms with Crippen LogP contribution in [-0.2, 0) is 4.79 Å². The molecule has 0 unspecified atom stereocenters. The summed E-state index contributed by atoms with van der Waals surface area (Å²) in [5, 5.41) is 2.88. The molecule has 0 radical (unpaired) electrons. The molecule has 0 aliphatic heterocycles. The van der Waals surface area contributed by atoms with Crippen molar-refractivity contribution in [3.05, 3.63) is 48.0 Å². The van der Waals surface area contributed by atoms with Gasteiger partial charge in [0.05, 0.1) is 0 Å². The highest BCUT2D eigenvalue weighted by molar-refractivity contribution is 5.92. The number of hydrogen-bond acceptors (Lipinski definition) is 3. The lowest BCUT2D eigenvalue weighted by molar-refractivity contribution is -0.118. The van der Waals surface area contributed by atoms with Gasteiger partial charge in [0.25, 0.3) is 0 Å². The first kappa shape index (κ1) is 17.2. The zero-order valence-corrected chi connectivity index (χ0v) is 15.2. The summed E-state index contributed by atoms with van der Waals surface area (Å²) >= 11 is 0. The SMILES string of the molecule is CC[C@@H](C)c1ccc2oc(-c3ccc(NC(=O)C(C)C)cc3)nc2c1. The fourth-order valence-corrected chi connectivity index (χ4v) is 2.59. The molecule has 1 heterocycles. The highest BCUT2D eigenvalue weighted by Gasteiger charge is 2.12. The molecule has 0 aliphatic rings. The molecule has 25 heavy (non-hydrogen) atoms. The summed E-state index contributed by atoms with van der Waals surface area (Å²) in [5.74, 6) is 1.06. The maximum atomic E-state index is 11.8. The van der Waals surface area contributed by atoms with E-state index >= 15 is 0 Å². The van der Waals surface area contributed by atoms with Crippen LogP contribution in [0.3, 0.4) is 0 Å². The van der Waals surface area contributed by atoms with Gasteiger partial charge < -0.3 is 9.73 Å². The Labute approximate surface area is 148 Å². The standard InChI is InChI=1S/C21H24N2O2/c1-5-14(4)16-8-11-19-18(12-16)23-21(25-19)15-6-9-17(10-7-15)22-20(24)13(2)3/h6-14H,5H2,1-4H3,(H,22,24)/t14-/m1/s1. The second-order valence-electron chi connectivity index (χ2n) is 6.78. The molecule has 0 aliphatic carbocycles. The first-order valence-corrected chi connectivity index (χ1v) is 8.79. The van der Waals surface area contributed by atoms with Crippen molar-refractivity contribution in [3.63, 3.8) is 0 Å². The lowest BCUT2D eigenvalue weighted by Gasteiger charge is -2.07. The molecule has 0 saturated heterocycles. The van der Waals surface area contributed by atoms with E-state index in [9.17, 15) is 4.79 Å². The fourth-order valence-electron chi connectivity index (χ4n) is 2.59.